The molecule has 0 saturated heterocycles. The smallest absolute Gasteiger partial charge is 0.0906 e. The highest BCUT2D eigenvalue weighted by Crippen LogP contribution is 2.13. The van der Waals surface area contributed by atoms with Crippen LogP contribution in [0.1, 0.15) is 6.42 Å². The molecule has 0 atom stereocenters. The molecule has 1 rings (SSSR count). The van der Waals surface area contributed by atoms with Gasteiger partial charge in [0.25, 0.3) is 0 Å². The first kappa shape index (κ1) is 7.05. The van der Waals surface area contributed by atoms with Gasteiger partial charge in [-0.15, -0.1) is 5.23 Å². The van der Waals surface area contributed by atoms with Crippen LogP contribution in [-0.4, -0.2) is 15.6 Å². The molecule has 0 bridgehead atoms. The topological polar surface area (TPSA) is 43.7 Å². The summed E-state index contributed by atoms with van der Waals surface area (Å²) in [5.74, 6) is 0. The van der Waals surface area contributed by atoms with E-state index in [9.17, 15) is 0 Å². The second kappa shape index (κ2) is 2.68. The molecule has 3 heteroatoms. The molecule has 1 aliphatic rings. The van der Waals surface area contributed by atoms with E-state index in [-0.39, 0.29) is 5.23 Å². The average molecular weight is 139 g/mol. The Balaban J connectivity index is 2.67. The Morgan fingerprint density at radius 1 is 1.40 bits per heavy atom. The van der Waals surface area contributed by atoms with Crippen LogP contribution in [-0.2, 0) is 0 Å². The van der Waals surface area contributed by atoms with Gasteiger partial charge in [-0.25, -0.2) is 0 Å². The number of hydrogen-bond acceptors (Lipinski definition) is 3. The van der Waals surface area contributed by atoms with Crippen LogP contribution in [0.4, 0.5) is 0 Å². The van der Waals surface area contributed by atoms with Crippen molar-refractivity contribution in [2.24, 2.45) is 0 Å². The summed E-state index contributed by atoms with van der Waals surface area (Å²) in [7, 11) is 0. The van der Waals surface area contributed by atoms with Gasteiger partial charge in [0.05, 0.1) is 5.70 Å². The van der Waals surface area contributed by atoms with Crippen LogP contribution in [0, 0.1) is 0 Å². The lowest BCUT2D eigenvalue weighted by molar-refractivity contribution is -0.275. The van der Waals surface area contributed by atoms with Gasteiger partial charge >= 0.3 is 0 Å². The van der Waals surface area contributed by atoms with E-state index in [2.05, 4.69) is 6.58 Å². The van der Waals surface area contributed by atoms with Gasteiger partial charge in [0.1, 0.15) is 0 Å². The molecule has 1 aliphatic carbocycles. The lowest BCUT2D eigenvalue weighted by atomic mass is 10.1. The summed E-state index contributed by atoms with van der Waals surface area (Å²) in [6.07, 6.45) is 5.69. The van der Waals surface area contributed by atoms with E-state index in [0.717, 1.165) is 5.57 Å². The SMILES string of the molecule is C=C1C=CC(N(O)O)=CC1. The van der Waals surface area contributed by atoms with E-state index in [0.29, 0.717) is 12.1 Å². The Hall–Kier alpha value is -1.06. The first-order chi connectivity index (χ1) is 4.70. The first-order valence-corrected chi connectivity index (χ1v) is 2.94. The molecule has 54 valence electrons. The summed E-state index contributed by atoms with van der Waals surface area (Å²) in [6, 6.07) is 0. The Bertz CT molecular complexity index is 204. The van der Waals surface area contributed by atoms with Crippen molar-refractivity contribution in [3.05, 3.63) is 36.1 Å². The third-order valence-corrected chi connectivity index (χ3v) is 1.29. The van der Waals surface area contributed by atoms with Crippen molar-refractivity contribution in [1.82, 2.24) is 5.23 Å². The number of allylic oxidation sites excluding steroid dienone is 4. The molecular weight excluding hydrogens is 130 g/mol. The molecule has 3 nitrogen and oxygen atoms in total. The number of hydroxylamine groups is 2. The maximum Gasteiger partial charge on any atom is 0.0906 e. The molecule has 0 fully saturated rings. The van der Waals surface area contributed by atoms with Crippen LogP contribution in [0.15, 0.2) is 36.1 Å². The third-order valence-electron chi connectivity index (χ3n) is 1.29. The molecule has 0 spiro atoms. The van der Waals surface area contributed by atoms with E-state index in [4.69, 9.17) is 10.4 Å². The van der Waals surface area contributed by atoms with Gasteiger partial charge < -0.3 is 0 Å². The highest BCUT2D eigenvalue weighted by molar-refractivity contribution is 5.31. The molecular formula is C7H9NO2. The average Bonchev–Trinajstić information content (AvgIpc) is 1.88. The molecule has 0 heterocycles. The van der Waals surface area contributed by atoms with Crippen LogP contribution in [0.25, 0.3) is 0 Å². The summed E-state index contributed by atoms with van der Waals surface area (Å²) in [4.78, 5) is 0. The molecule has 0 radical (unpaired) electrons. The molecule has 0 aromatic carbocycles. The van der Waals surface area contributed by atoms with Gasteiger partial charge in [0.2, 0.25) is 0 Å². The first-order valence-electron chi connectivity index (χ1n) is 2.94. The van der Waals surface area contributed by atoms with Crippen molar-refractivity contribution >= 4 is 0 Å². The second-order valence-corrected chi connectivity index (χ2v) is 2.11. The number of hydrogen-bond donors (Lipinski definition) is 2. The summed E-state index contributed by atoms with van der Waals surface area (Å²) >= 11 is 0. The summed E-state index contributed by atoms with van der Waals surface area (Å²) < 4.78 is 0. The minimum absolute atomic E-state index is 0.100. The molecule has 2 N–H and O–H groups in total. The summed E-state index contributed by atoms with van der Waals surface area (Å²) in [5.41, 5.74) is 1.35. The van der Waals surface area contributed by atoms with Crippen LogP contribution in [0.3, 0.4) is 0 Å². The zero-order chi connectivity index (χ0) is 7.56. The van der Waals surface area contributed by atoms with Gasteiger partial charge in [-0.05, 0) is 12.5 Å². The summed E-state index contributed by atoms with van der Waals surface area (Å²) in [6.45, 7) is 3.69. The van der Waals surface area contributed by atoms with Crippen molar-refractivity contribution < 1.29 is 10.4 Å². The highest BCUT2D eigenvalue weighted by Gasteiger charge is 2.02. The Morgan fingerprint density at radius 3 is 2.50 bits per heavy atom. The van der Waals surface area contributed by atoms with E-state index in [1.165, 1.54) is 0 Å². The molecule has 0 amide bonds. The molecule has 10 heavy (non-hydrogen) atoms. The molecule has 0 aliphatic heterocycles. The fraction of sp³-hybridized carbons (Fsp3) is 0.143. The van der Waals surface area contributed by atoms with Crippen molar-refractivity contribution in [2.45, 2.75) is 6.42 Å². The normalized spacial score (nSPS) is 17.0. The van der Waals surface area contributed by atoms with Crippen molar-refractivity contribution in [2.75, 3.05) is 0 Å². The molecule has 0 unspecified atom stereocenters. The zero-order valence-corrected chi connectivity index (χ0v) is 5.49. The minimum Gasteiger partial charge on any atom is -0.264 e. The van der Waals surface area contributed by atoms with Crippen molar-refractivity contribution in [3.8, 4) is 0 Å². The highest BCUT2D eigenvalue weighted by atomic mass is 16.8. The third kappa shape index (κ3) is 1.46. The molecule has 0 aromatic heterocycles. The standard InChI is InChI=1S/C7H9NO2/c1-6-2-4-7(5-3-6)8(9)10/h2,4-5,9-10H,1,3H2. The van der Waals surface area contributed by atoms with E-state index >= 15 is 0 Å². The molecule has 0 aromatic rings. The fourth-order valence-electron chi connectivity index (χ4n) is 0.723. The fourth-order valence-corrected chi connectivity index (χ4v) is 0.723. The minimum atomic E-state index is 0.100. The van der Waals surface area contributed by atoms with Gasteiger partial charge in [-0.2, -0.15) is 0 Å². The van der Waals surface area contributed by atoms with Gasteiger partial charge in [0, 0.05) is 0 Å². The second-order valence-electron chi connectivity index (χ2n) is 2.11. The Morgan fingerprint density at radius 2 is 2.10 bits per heavy atom. The lowest BCUT2D eigenvalue weighted by Crippen LogP contribution is -2.12. The summed E-state index contributed by atoms with van der Waals surface area (Å²) in [5, 5.41) is 17.1. The van der Waals surface area contributed by atoms with Crippen LogP contribution < -0.4 is 0 Å². The molecule has 0 saturated carbocycles. The van der Waals surface area contributed by atoms with Crippen LogP contribution >= 0.6 is 0 Å². The van der Waals surface area contributed by atoms with E-state index in [1.54, 1.807) is 18.2 Å². The van der Waals surface area contributed by atoms with Gasteiger partial charge in [-0.3, -0.25) is 10.4 Å². The largest absolute Gasteiger partial charge is 0.264 e. The number of rotatable bonds is 1. The Labute approximate surface area is 59.1 Å². The maximum atomic E-state index is 8.50. The predicted molar refractivity (Wildman–Crippen MR) is 36.4 cm³/mol. The number of nitrogens with zero attached hydrogens (tertiary/aromatic N) is 1. The maximum absolute atomic E-state index is 8.50. The van der Waals surface area contributed by atoms with E-state index < -0.39 is 0 Å². The van der Waals surface area contributed by atoms with Gasteiger partial charge in [0.15, 0.2) is 0 Å². The van der Waals surface area contributed by atoms with Crippen molar-refractivity contribution in [1.29, 1.82) is 0 Å². The van der Waals surface area contributed by atoms with Crippen molar-refractivity contribution in [3.63, 3.8) is 0 Å². The van der Waals surface area contributed by atoms with Gasteiger partial charge in [-0.1, -0.05) is 24.3 Å². The quantitative estimate of drug-likeness (QED) is 0.540. The monoisotopic (exact) mass is 139 g/mol. The van der Waals surface area contributed by atoms with Crippen LogP contribution in [0.2, 0.25) is 0 Å². The lowest BCUT2D eigenvalue weighted by Gasteiger charge is -2.11. The Kier molecular flexibility index (Phi) is 1.89. The zero-order valence-electron chi connectivity index (χ0n) is 5.49. The van der Waals surface area contributed by atoms with Crippen LogP contribution in [0.5, 0.6) is 0 Å². The predicted octanol–water partition coefficient (Wildman–Crippen LogP) is 1.47. The van der Waals surface area contributed by atoms with E-state index in [1.807, 2.05) is 0 Å².